The lowest BCUT2D eigenvalue weighted by Gasteiger charge is -2.27. The van der Waals surface area contributed by atoms with Crippen molar-refractivity contribution < 1.29 is 14.2 Å². The molecule has 0 aliphatic rings. The molecule has 0 amide bonds. The van der Waals surface area contributed by atoms with E-state index in [4.69, 9.17) is 22.1 Å². The van der Waals surface area contributed by atoms with E-state index in [1.54, 1.807) is 6.07 Å². The van der Waals surface area contributed by atoms with Crippen LogP contribution in [0.4, 0.5) is 4.39 Å². The Hall–Kier alpha value is -0.680. The highest BCUT2D eigenvalue weighted by molar-refractivity contribution is 6.30. The summed E-state index contributed by atoms with van der Waals surface area (Å²) < 4.78 is 18.1. The van der Waals surface area contributed by atoms with Gasteiger partial charge >= 0.3 is 0 Å². The van der Waals surface area contributed by atoms with E-state index >= 15 is 0 Å². The number of ether oxygens (including phenoxy) is 1. The zero-order valence-electron chi connectivity index (χ0n) is 10.5. The first-order valence-corrected chi connectivity index (χ1v) is 6.24. The quantitative estimate of drug-likeness (QED) is 0.802. The van der Waals surface area contributed by atoms with Crippen LogP contribution in [0.5, 0.6) is 0 Å². The maximum atomic E-state index is 13.0. The van der Waals surface area contributed by atoms with Crippen molar-refractivity contribution in [3.8, 4) is 0 Å². The lowest BCUT2D eigenvalue weighted by molar-refractivity contribution is -0.0375. The molecule has 3 nitrogen and oxygen atoms in total. The zero-order chi connectivity index (χ0) is 13.6. The molecule has 1 aromatic carbocycles. The maximum Gasteiger partial charge on any atom is 0.141 e. The first-order chi connectivity index (χ1) is 8.50. The van der Waals surface area contributed by atoms with Crippen molar-refractivity contribution in [2.45, 2.75) is 24.9 Å². The van der Waals surface area contributed by atoms with Gasteiger partial charge in [-0.3, -0.25) is 0 Å². The monoisotopic (exact) mass is 275 g/mol. The molecule has 1 rings (SSSR count). The van der Waals surface area contributed by atoms with Crippen LogP contribution in [0.1, 0.15) is 18.4 Å². The summed E-state index contributed by atoms with van der Waals surface area (Å²) in [5.74, 6) is -0.461. The largest absolute Gasteiger partial charge is 0.387 e. The second-order valence-electron chi connectivity index (χ2n) is 4.47. The van der Waals surface area contributed by atoms with Gasteiger partial charge in [-0.05, 0) is 37.1 Å². The first kappa shape index (κ1) is 15.4. The molecule has 0 saturated carbocycles. The third-order valence-electron chi connectivity index (χ3n) is 2.78. The zero-order valence-corrected chi connectivity index (χ0v) is 11.2. The van der Waals surface area contributed by atoms with Crippen LogP contribution in [0.3, 0.4) is 0 Å². The molecule has 0 spiro atoms. The number of hydrogen-bond donors (Lipinski definition) is 2. The van der Waals surface area contributed by atoms with Crippen LogP contribution in [0.2, 0.25) is 5.02 Å². The van der Waals surface area contributed by atoms with Gasteiger partial charge in [0, 0.05) is 13.5 Å². The molecule has 102 valence electrons. The Morgan fingerprint density at radius 3 is 2.78 bits per heavy atom. The predicted molar refractivity (Wildman–Crippen MR) is 70.2 cm³/mol. The van der Waals surface area contributed by atoms with Crippen molar-refractivity contribution in [1.29, 1.82) is 0 Å². The minimum absolute atomic E-state index is 0.0612. The summed E-state index contributed by atoms with van der Waals surface area (Å²) in [5.41, 5.74) is 5.23. The van der Waals surface area contributed by atoms with Gasteiger partial charge in [0.2, 0.25) is 0 Å². The van der Waals surface area contributed by atoms with Crippen LogP contribution in [-0.2, 0) is 11.2 Å². The van der Waals surface area contributed by atoms with Crippen LogP contribution >= 0.6 is 11.6 Å². The third kappa shape index (κ3) is 4.53. The van der Waals surface area contributed by atoms with Gasteiger partial charge < -0.3 is 15.6 Å². The van der Waals surface area contributed by atoms with Crippen LogP contribution in [0.25, 0.3) is 0 Å². The Bertz CT molecular complexity index is 389. The summed E-state index contributed by atoms with van der Waals surface area (Å²) in [5, 5.41) is 10.5. The van der Waals surface area contributed by atoms with Gasteiger partial charge in [0.05, 0.1) is 17.2 Å². The van der Waals surface area contributed by atoms with Gasteiger partial charge in [-0.2, -0.15) is 0 Å². The molecule has 3 N–H and O–H groups in total. The Balaban J connectivity index is 2.78. The van der Waals surface area contributed by atoms with E-state index < -0.39 is 11.4 Å². The third-order valence-corrected chi connectivity index (χ3v) is 3.07. The molecular weight excluding hydrogens is 257 g/mol. The van der Waals surface area contributed by atoms with Crippen molar-refractivity contribution in [1.82, 2.24) is 0 Å². The highest BCUT2D eigenvalue weighted by atomic mass is 35.5. The maximum absolute atomic E-state index is 13.0. The minimum Gasteiger partial charge on any atom is -0.387 e. The van der Waals surface area contributed by atoms with Gasteiger partial charge in [-0.1, -0.05) is 17.7 Å². The molecule has 1 aromatic rings. The molecular formula is C13H19ClFNO2. The van der Waals surface area contributed by atoms with Gasteiger partial charge in [0.25, 0.3) is 0 Å². The van der Waals surface area contributed by atoms with E-state index in [0.29, 0.717) is 25.8 Å². The summed E-state index contributed by atoms with van der Waals surface area (Å²) in [6.45, 7) is 0.720. The summed E-state index contributed by atoms with van der Waals surface area (Å²) in [6.07, 6.45) is 1.60. The van der Waals surface area contributed by atoms with E-state index in [2.05, 4.69) is 0 Å². The fraction of sp³-hybridized carbons (Fsp3) is 0.538. The normalized spacial score (nSPS) is 14.5. The van der Waals surface area contributed by atoms with Crippen LogP contribution in [0.15, 0.2) is 18.2 Å². The van der Waals surface area contributed by atoms with Gasteiger partial charge in [-0.15, -0.1) is 0 Å². The standard InChI is InChI=1S/C13H19ClFNO2/c1-18-9-13(17,5-2-6-16)8-10-3-4-12(15)11(14)7-10/h3-4,7,17H,2,5-6,8-9,16H2,1H3. The van der Waals surface area contributed by atoms with Crippen molar-refractivity contribution in [2.24, 2.45) is 5.73 Å². The van der Waals surface area contributed by atoms with E-state index in [1.807, 2.05) is 0 Å². The molecule has 0 fully saturated rings. The van der Waals surface area contributed by atoms with Gasteiger partial charge in [0.15, 0.2) is 0 Å². The summed E-state index contributed by atoms with van der Waals surface area (Å²) >= 11 is 5.72. The lowest BCUT2D eigenvalue weighted by atomic mass is 9.90. The second kappa shape index (κ2) is 7.04. The first-order valence-electron chi connectivity index (χ1n) is 5.86. The molecule has 18 heavy (non-hydrogen) atoms. The number of nitrogens with two attached hydrogens (primary N) is 1. The minimum atomic E-state index is -0.991. The van der Waals surface area contributed by atoms with Gasteiger partial charge in [0.1, 0.15) is 5.82 Å². The van der Waals surface area contributed by atoms with E-state index in [0.717, 1.165) is 5.56 Å². The molecule has 1 atom stereocenters. The number of halogens is 2. The highest BCUT2D eigenvalue weighted by Crippen LogP contribution is 2.23. The number of benzene rings is 1. The Kier molecular flexibility index (Phi) is 6.02. The number of methoxy groups -OCH3 is 1. The molecule has 1 unspecified atom stereocenters. The fourth-order valence-corrected chi connectivity index (χ4v) is 2.14. The van der Waals surface area contributed by atoms with Crippen LogP contribution in [0, 0.1) is 5.82 Å². The Morgan fingerprint density at radius 2 is 2.22 bits per heavy atom. The van der Waals surface area contributed by atoms with Crippen molar-refractivity contribution in [3.63, 3.8) is 0 Å². The molecule has 0 bridgehead atoms. The predicted octanol–water partition coefficient (Wildman–Crippen LogP) is 2.14. The fourth-order valence-electron chi connectivity index (χ4n) is 1.94. The van der Waals surface area contributed by atoms with E-state index in [9.17, 15) is 9.50 Å². The molecule has 5 heteroatoms. The molecule has 0 radical (unpaired) electrons. The highest BCUT2D eigenvalue weighted by Gasteiger charge is 2.27. The second-order valence-corrected chi connectivity index (χ2v) is 4.88. The molecule has 0 aromatic heterocycles. The number of aliphatic hydroxyl groups is 1. The summed E-state index contributed by atoms with van der Waals surface area (Å²) in [4.78, 5) is 0. The van der Waals surface area contributed by atoms with Crippen LogP contribution in [-0.4, -0.2) is 31.0 Å². The van der Waals surface area contributed by atoms with E-state index in [1.165, 1.54) is 19.2 Å². The average Bonchev–Trinajstić information content (AvgIpc) is 2.32. The van der Waals surface area contributed by atoms with Crippen molar-refractivity contribution >= 4 is 11.6 Å². The van der Waals surface area contributed by atoms with Crippen molar-refractivity contribution in [3.05, 3.63) is 34.6 Å². The van der Waals surface area contributed by atoms with Gasteiger partial charge in [-0.25, -0.2) is 4.39 Å². The molecule has 0 aliphatic carbocycles. The number of hydrogen-bond acceptors (Lipinski definition) is 3. The molecule has 0 saturated heterocycles. The molecule has 0 heterocycles. The SMILES string of the molecule is COCC(O)(CCCN)Cc1ccc(F)c(Cl)c1. The van der Waals surface area contributed by atoms with E-state index in [-0.39, 0.29) is 11.6 Å². The van der Waals surface area contributed by atoms with Crippen molar-refractivity contribution in [2.75, 3.05) is 20.3 Å². The molecule has 0 aliphatic heterocycles. The number of rotatable bonds is 7. The Labute approximate surface area is 112 Å². The van der Waals surface area contributed by atoms with Crippen LogP contribution < -0.4 is 5.73 Å². The topological polar surface area (TPSA) is 55.5 Å². The Morgan fingerprint density at radius 1 is 1.50 bits per heavy atom. The lowest BCUT2D eigenvalue weighted by Crippen LogP contribution is -2.37. The summed E-state index contributed by atoms with van der Waals surface area (Å²) in [6, 6.07) is 4.44. The smallest absolute Gasteiger partial charge is 0.141 e. The average molecular weight is 276 g/mol. The summed E-state index contributed by atoms with van der Waals surface area (Å²) in [7, 11) is 1.53.